The molecule has 3 atom stereocenters. The smallest absolute Gasteiger partial charge is 0.153 e. The first-order valence-electron chi connectivity index (χ1n) is 5.09. The van der Waals surface area contributed by atoms with Crippen LogP contribution in [0.1, 0.15) is 11.5 Å². The van der Waals surface area contributed by atoms with Gasteiger partial charge in [-0.2, -0.15) is 5.26 Å². The Hall–Kier alpha value is -1.67. The molecule has 5 heteroatoms. The predicted molar refractivity (Wildman–Crippen MR) is 61.9 cm³/mol. The lowest BCUT2D eigenvalue weighted by Crippen LogP contribution is -2.14. The van der Waals surface area contributed by atoms with Crippen LogP contribution in [-0.4, -0.2) is 26.2 Å². The molecule has 1 saturated carbocycles. The molecule has 0 bridgehead atoms. The standard InChI is InChI=1S/C12H11NO3S/c1-17(15,16)11-10(12(11,7-13)8-14)9-5-3-2-4-6-9/h2-6,8,10-11H,1H3/t10-,11-,12-/m1/s1. The number of carbonyl (C=O) groups excluding carboxylic acids is 1. The average Bonchev–Trinajstić information content (AvgIpc) is 3.00. The molecular weight excluding hydrogens is 238 g/mol. The molecule has 2 rings (SSSR count). The Morgan fingerprint density at radius 1 is 1.35 bits per heavy atom. The summed E-state index contributed by atoms with van der Waals surface area (Å²) >= 11 is 0. The van der Waals surface area contributed by atoms with E-state index >= 15 is 0 Å². The van der Waals surface area contributed by atoms with E-state index in [4.69, 9.17) is 5.26 Å². The molecule has 1 fully saturated rings. The number of nitrogens with zero attached hydrogens (tertiary/aromatic N) is 1. The molecule has 88 valence electrons. The van der Waals surface area contributed by atoms with Crippen molar-refractivity contribution in [3.05, 3.63) is 35.9 Å². The summed E-state index contributed by atoms with van der Waals surface area (Å²) in [5, 5.41) is 8.16. The number of carbonyl (C=O) groups is 1. The zero-order valence-electron chi connectivity index (χ0n) is 9.20. The van der Waals surface area contributed by atoms with Crippen LogP contribution in [0.15, 0.2) is 30.3 Å². The topological polar surface area (TPSA) is 75.0 Å². The van der Waals surface area contributed by atoms with Crippen molar-refractivity contribution in [2.45, 2.75) is 11.2 Å². The quantitative estimate of drug-likeness (QED) is 0.746. The second kappa shape index (κ2) is 3.67. The fourth-order valence-corrected chi connectivity index (χ4v) is 4.15. The molecule has 0 radical (unpaired) electrons. The molecular formula is C12H11NO3S. The Morgan fingerprint density at radius 3 is 2.29 bits per heavy atom. The number of rotatable bonds is 3. The van der Waals surface area contributed by atoms with E-state index in [-0.39, 0.29) is 0 Å². The van der Waals surface area contributed by atoms with Crippen molar-refractivity contribution in [1.29, 1.82) is 5.26 Å². The van der Waals surface area contributed by atoms with E-state index < -0.39 is 26.4 Å². The third-order valence-electron chi connectivity index (χ3n) is 3.19. The second-order valence-electron chi connectivity index (χ2n) is 4.30. The van der Waals surface area contributed by atoms with E-state index in [0.717, 1.165) is 11.8 Å². The van der Waals surface area contributed by atoms with Gasteiger partial charge in [-0.05, 0) is 5.56 Å². The van der Waals surface area contributed by atoms with Gasteiger partial charge in [-0.25, -0.2) is 8.42 Å². The van der Waals surface area contributed by atoms with E-state index in [1.807, 2.05) is 6.07 Å². The average molecular weight is 249 g/mol. The van der Waals surface area contributed by atoms with Crippen molar-refractivity contribution < 1.29 is 13.2 Å². The van der Waals surface area contributed by atoms with E-state index in [2.05, 4.69) is 0 Å². The summed E-state index contributed by atoms with van der Waals surface area (Å²) in [5.74, 6) is -0.541. The molecule has 1 aromatic rings. The third kappa shape index (κ3) is 1.65. The van der Waals surface area contributed by atoms with E-state index in [1.165, 1.54) is 0 Å². The highest BCUT2D eigenvalue weighted by Gasteiger charge is 2.71. The maximum atomic E-state index is 11.6. The normalized spacial score (nSPS) is 31.5. The van der Waals surface area contributed by atoms with Gasteiger partial charge in [0.2, 0.25) is 0 Å². The summed E-state index contributed by atoms with van der Waals surface area (Å²) in [6.45, 7) is 0. The summed E-state index contributed by atoms with van der Waals surface area (Å²) in [7, 11) is -3.41. The van der Waals surface area contributed by atoms with E-state index in [1.54, 1.807) is 30.3 Å². The number of hydrogen-bond donors (Lipinski definition) is 0. The monoisotopic (exact) mass is 249 g/mol. The van der Waals surface area contributed by atoms with Crippen molar-refractivity contribution in [2.75, 3.05) is 6.26 Å². The first-order valence-corrected chi connectivity index (χ1v) is 7.04. The van der Waals surface area contributed by atoms with Crippen molar-refractivity contribution >= 4 is 16.1 Å². The molecule has 0 N–H and O–H groups in total. The van der Waals surface area contributed by atoms with Gasteiger partial charge < -0.3 is 4.79 Å². The largest absolute Gasteiger partial charge is 0.302 e. The van der Waals surface area contributed by atoms with Crippen LogP contribution in [0.25, 0.3) is 0 Å². The van der Waals surface area contributed by atoms with Crippen LogP contribution in [0.3, 0.4) is 0 Å². The van der Waals surface area contributed by atoms with Gasteiger partial charge in [0.25, 0.3) is 0 Å². The molecule has 17 heavy (non-hydrogen) atoms. The summed E-state index contributed by atoms with van der Waals surface area (Å²) in [4.78, 5) is 11.1. The Morgan fingerprint density at radius 2 is 1.94 bits per heavy atom. The van der Waals surface area contributed by atoms with Crippen LogP contribution in [0, 0.1) is 16.7 Å². The molecule has 4 nitrogen and oxygen atoms in total. The lowest BCUT2D eigenvalue weighted by molar-refractivity contribution is -0.110. The second-order valence-corrected chi connectivity index (χ2v) is 6.47. The van der Waals surface area contributed by atoms with Crippen molar-refractivity contribution in [2.24, 2.45) is 5.41 Å². The SMILES string of the molecule is CS(=O)(=O)[C@@H]1[C@@H](c2ccccc2)[C@@]1(C#N)C=O. The zero-order valence-corrected chi connectivity index (χ0v) is 10.0. The molecule has 1 aliphatic rings. The molecule has 0 heterocycles. The number of benzene rings is 1. The number of nitriles is 1. The zero-order chi connectivity index (χ0) is 12.7. The van der Waals surface area contributed by atoms with Gasteiger partial charge in [-0.15, -0.1) is 0 Å². The summed E-state index contributed by atoms with van der Waals surface area (Å²) in [6, 6.07) is 10.7. The first kappa shape index (κ1) is 11.8. The molecule has 0 saturated heterocycles. The minimum absolute atomic E-state index is 0.469. The van der Waals surface area contributed by atoms with Gasteiger partial charge in [0.1, 0.15) is 11.7 Å². The summed E-state index contributed by atoms with van der Waals surface area (Å²) < 4.78 is 23.2. The van der Waals surface area contributed by atoms with Crippen LogP contribution >= 0.6 is 0 Å². The van der Waals surface area contributed by atoms with Gasteiger partial charge in [0, 0.05) is 12.2 Å². The Balaban J connectivity index is 2.50. The summed E-state index contributed by atoms with van der Waals surface area (Å²) in [5.41, 5.74) is -0.689. The van der Waals surface area contributed by atoms with Crippen LogP contribution in [0.2, 0.25) is 0 Å². The highest BCUT2D eigenvalue weighted by atomic mass is 32.2. The van der Waals surface area contributed by atoms with Crippen molar-refractivity contribution in [3.8, 4) is 6.07 Å². The fraction of sp³-hybridized carbons (Fsp3) is 0.333. The molecule has 0 aromatic heterocycles. The minimum Gasteiger partial charge on any atom is -0.302 e. The highest BCUT2D eigenvalue weighted by Crippen LogP contribution is 2.61. The van der Waals surface area contributed by atoms with Crippen molar-refractivity contribution in [3.63, 3.8) is 0 Å². The summed E-state index contributed by atoms with van der Waals surface area (Å²) in [6.07, 6.45) is 1.53. The predicted octanol–water partition coefficient (Wildman–Crippen LogP) is 0.906. The van der Waals surface area contributed by atoms with Crippen molar-refractivity contribution in [1.82, 2.24) is 0 Å². The lowest BCUT2D eigenvalue weighted by atomic mass is 10.0. The Labute approximate surface area is 99.8 Å². The van der Waals surface area contributed by atoms with Crippen LogP contribution in [0.5, 0.6) is 0 Å². The first-order chi connectivity index (χ1) is 7.97. The van der Waals surface area contributed by atoms with E-state index in [9.17, 15) is 13.2 Å². The maximum Gasteiger partial charge on any atom is 0.153 e. The number of aldehydes is 1. The number of hydrogen-bond acceptors (Lipinski definition) is 4. The molecule has 0 spiro atoms. The fourth-order valence-electron chi connectivity index (χ4n) is 2.39. The van der Waals surface area contributed by atoms with Crippen LogP contribution < -0.4 is 0 Å². The van der Waals surface area contributed by atoms with Gasteiger partial charge >= 0.3 is 0 Å². The van der Waals surface area contributed by atoms with Gasteiger partial charge in [-0.3, -0.25) is 0 Å². The Kier molecular flexibility index (Phi) is 2.55. The number of sulfone groups is 1. The van der Waals surface area contributed by atoms with Crippen LogP contribution in [0.4, 0.5) is 0 Å². The lowest BCUT2D eigenvalue weighted by Gasteiger charge is -1.98. The minimum atomic E-state index is -3.41. The van der Waals surface area contributed by atoms with E-state index in [0.29, 0.717) is 6.29 Å². The molecule has 0 amide bonds. The van der Waals surface area contributed by atoms with Crippen LogP contribution in [-0.2, 0) is 14.6 Å². The van der Waals surface area contributed by atoms with Gasteiger partial charge in [0.15, 0.2) is 9.84 Å². The Bertz CT molecular complexity index is 588. The van der Waals surface area contributed by atoms with Gasteiger partial charge in [-0.1, -0.05) is 30.3 Å². The highest BCUT2D eigenvalue weighted by molar-refractivity contribution is 7.91. The maximum absolute atomic E-state index is 11.6. The molecule has 1 aromatic carbocycles. The molecule has 0 unspecified atom stereocenters. The molecule has 0 aliphatic heterocycles. The van der Waals surface area contributed by atoms with Gasteiger partial charge in [0.05, 0.1) is 11.3 Å². The third-order valence-corrected chi connectivity index (χ3v) is 4.77. The molecule has 1 aliphatic carbocycles.